The van der Waals surface area contributed by atoms with Crippen molar-refractivity contribution in [2.45, 2.75) is 39.2 Å². The predicted molar refractivity (Wildman–Crippen MR) is 97.9 cm³/mol. The Kier molecular flexibility index (Phi) is 5.51. The number of halogens is 2. The lowest BCUT2D eigenvalue weighted by atomic mass is 9.79. The second-order valence-electron chi connectivity index (χ2n) is 8.33. The van der Waals surface area contributed by atoms with Crippen LogP contribution in [0.1, 0.15) is 43.5 Å². The average Bonchev–Trinajstić information content (AvgIpc) is 2.63. The van der Waals surface area contributed by atoms with E-state index >= 15 is 0 Å². The molecule has 3 rings (SSSR count). The van der Waals surface area contributed by atoms with Crippen molar-refractivity contribution in [1.82, 2.24) is 9.80 Å². The molecule has 0 aliphatic carbocycles. The lowest BCUT2D eigenvalue weighted by molar-refractivity contribution is -0.140. The van der Waals surface area contributed by atoms with Crippen LogP contribution in [0, 0.1) is 23.0 Å². The molecular weight excluding hydrogens is 352 g/mol. The van der Waals surface area contributed by atoms with Crippen molar-refractivity contribution in [1.29, 1.82) is 0 Å². The summed E-state index contributed by atoms with van der Waals surface area (Å²) in [7, 11) is 0. The quantitative estimate of drug-likeness (QED) is 0.858. The first-order valence-electron chi connectivity index (χ1n) is 9.48. The van der Waals surface area contributed by atoms with E-state index in [1.807, 2.05) is 4.90 Å². The van der Waals surface area contributed by atoms with Gasteiger partial charge in [0.15, 0.2) is 0 Å². The van der Waals surface area contributed by atoms with E-state index in [1.165, 1.54) is 11.0 Å². The minimum atomic E-state index is -0.856. The number of nitrogens with two attached hydrogens (primary N) is 1. The fourth-order valence-electron chi connectivity index (χ4n) is 3.98. The summed E-state index contributed by atoms with van der Waals surface area (Å²) < 4.78 is 26.9. The molecule has 0 spiro atoms. The highest BCUT2D eigenvalue weighted by Gasteiger charge is 2.38. The highest BCUT2D eigenvalue weighted by atomic mass is 19.1. The highest BCUT2D eigenvalue weighted by molar-refractivity contribution is 5.94. The second-order valence-corrected chi connectivity index (χ2v) is 8.33. The van der Waals surface area contributed by atoms with Gasteiger partial charge in [0, 0.05) is 44.2 Å². The first-order chi connectivity index (χ1) is 12.7. The number of hydrogen-bond donors (Lipinski definition) is 1. The van der Waals surface area contributed by atoms with Crippen LogP contribution in [0.4, 0.5) is 8.78 Å². The molecule has 2 aliphatic heterocycles. The summed E-state index contributed by atoms with van der Waals surface area (Å²) >= 11 is 0. The van der Waals surface area contributed by atoms with Gasteiger partial charge in [-0.15, -0.1) is 0 Å². The maximum Gasteiger partial charge on any atom is 0.256 e. The Morgan fingerprint density at radius 1 is 1.07 bits per heavy atom. The van der Waals surface area contributed by atoms with E-state index in [9.17, 15) is 18.4 Å². The standard InChI is InChI=1S/C20H27F2N3O2/c1-20(2)12-25(10-7-17(20)23)18(26)13-5-8-24(9-6-13)19(27)15-4-3-14(21)11-16(15)22/h3-4,11,13,17H,5-10,12,23H2,1-2H3. The summed E-state index contributed by atoms with van der Waals surface area (Å²) in [6.45, 7) is 6.26. The van der Waals surface area contributed by atoms with E-state index < -0.39 is 17.5 Å². The number of hydrogen-bond acceptors (Lipinski definition) is 3. The number of rotatable bonds is 2. The van der Waals surface area contributed by atoms with Crippen molar-refractivity contribution in [3.63, 3.8) is 0 Å². The largest absolute Gasteiger partial charge is 0.342 e. The van der Waals surface area contributed by atoms with Gasteiger partial charge in [0.2, 0.25) is 5.91 Å². The van der Waals surface area contributed by atoms with Crippen molar-refractivity contribution < 1.29 is 18.4 Å². The molecule has 2 aliphatic rings. The summed E-state index contributed by atoms with van der Waals surface area (Å²) in [4.78, 5) is 28.8. The van der Waals surface area contributed by atoms with Crippen LogP contribution in [0.15, 0.2) is 18.2 Å². The summed E-state index contributed by atoms with van der Waals surface area (Å²) in [6, 6.07) is 3.05. The van der Waals surface area contributed by atoms with E-state index in [0.29, 0.717) is 45.1 Å². The van der Waals surface area contributed by atoms with Crippen molar-refractivity contribution >= 4 is 11.8 Å². The third kappa shape index (κ3) is 4.13. The lowest BCUT2D eigenvalue weighted by Gasteiger charge is -2.44. The van der Waals surface area contributed by atoms with Gasteiger partial charge in [0.25, 0.3) is 5.91 Å². The van der Waals surface area contributed by atoms with Gasteiger partial charge in [-0.25, -0.2) is 8.78 Å². The minimum Gasteiger partial charge on any atom is -0.342 e. The first kappa shape index (κ1) is 19.7. The third-order valence-electron chi connectivity index (χ3n) is 5.92. The molecule has 2 heterocycles. The summed E-state index contributed by atoms with van der Waals surface area (Å²) in [5, 5.41) is 0. The Hall–Kier alpha value is -2.02. The summed E-state index contributed by atoms with van der Waals surface area (Å²) in [5.74, 6) is -2.03. The molecule has 0 saturated carbocycles. The van der Waals surface area contributed by atoms with Crippen LogP contribution in [0.25, 0.3) is 0 Å². The summed E-state index contributed by atoms with van der Waals surface area (Å²) in [6.07, 6.45) is 1.90. The Labute approximate surface area is 158 Å². The van der Waals surface area contributed by atoms with Crippen LogP contribution in [-0.4, -0.2) is 53.8 Å². The Morgan fingerprint density at radius 3 is 2.30 bits per heavy atom. The molecular formula is C20H27F2N3O2. The Bertz CT molecular complexity index is 730. The van der Waals surface area contributed by atoms with Gasteiger partial charge >= 0.3 is 0 Å². The number of likely N-dealkylation sites (tertiary alicyclic amines) is 2. The molecule has 1 aromatic rings. The second kappa shape index (κ2) is 7.54. The van der Waals surface area contributed by atoms with Crippen molar-refractivity contribution in [2.75, 3.05) is 26.2 Å². The van der Waals surface area contributed by atoms with Gasteiger partial charge in [-0.2, -0.15) is 0 Å². The molecule has 2 fully saturated rings. The molecule has 2 saturated heterocycles. The van der Waals surface area contributed by atoms with Crippen LogP contribution >= 0.6 is 0 Å². The van der Waals surface area contributed by atoms with Crippen molar-refractivity contribution in [3.8, 4) is 0 Å². The maximum atomic E-state index is 13.8. The van der Waals surface area contributed by atoms with E-state index in [1.54, 1.807) is 0 Å². The third-order valence-corrected chi connectivity index (χ3v) is 5.92. The molecule has 2 amide bonds. The maximum absolute atomic E-state index is 13.8. The van der Waals surface area contributed by atoms with E-state index in [2.05, 4.69) is 13.8 Å². The molecule has 2 N–H and O–H groups in total. The normalized spacial score (nSPS) is 23.4. The fourth-order valence-corrected chi connectivity index (χ4v) is 3.98. The van der Waals surface area contributed by atoms with E-state index in [4.69, 9.17) is 5.73 Å². The topological polar surface area (TPSA) is 66.6 Å². The molecule has 0 radical (unpaired) electrons. The van der Waals surface area contributed by atoms with Crippen LogP contribution in [0.3, 0.4) is 0 Å². The number of amides is 2. The Balaban J connectivity index is 1.58. The molecule has 1 aromatic carbocycles. The molecule has 1 unspecified atom stereocenters. The van der Waals surface area contributed by atoms with E-state index in [0.717, 1.165) is 12.5 Å². The molecule has 7 heteroatoms. The van der Waals surface area contributed by atoms with Gasteiger partial charge in [0.05, 0.1) is 5.56 Å². The smallest absolute Gasteiger partial charge is 0.256 e. The van der Waals surface area contributed by atoms with Crippen molar-refractivity contribution in [2.24, 2.45) is 17.1 Å². The molecule has 148 valence electrons. The molecule has 5 nitrogen and oxygen atoms in total. The van der Waals surface area contributed by atoms with Crippen LogP contribution in [0.2, 0.25) is 0 Å². The van der Waals surface area contributed by atoms with Gasteiger partial charge in [-0.05, 0) is 36.8 Å². The molecule has 27 heavy (non-hydrogen) atoms. The predicted octanol–water partition coefficient (Wildman–Crippen LogP) is 2.40. The van der Waals surface area contributed by atoms with Gasteiger partial charge < -0.3 is 15.5 Å². The van der Waals surface area contributed by atoms with Gasteiger partial charge in [0.1, 0.15) is 11.6 Å². The minimum absolute atomic E-state index is 0.0895. The average molecular weight is 379 g/mol. The Morgan fingerprint density at radius 2 is 1.70 bits per heavy atom. The number of nitrogens with zero attached hydrogens (tertiary/aromatic N) is 2. The molecule has 1 atom stereocenters. The van der Waals surface area contributed by atoms with Crippen molar-refractivity contribution in [3.05, 3.63) is 35.4 Å². The number of carbonyl (C=O) groups is 2. The molecule has 0 aromatic heterocycles. The number of carbonyl (C=O) groups excluding carboxylic acids is 2. The lowest BCUT2D eigenvalue weighted by Crippen LogP contribution is -2.55. The SMILES string of the molecule is CC1(C)CN(C(=O)C2CCN(C(=O)c3ccc(F)cc3F)CC2)CCC1N. The highest BCUT2D eigenvalue weighted by Crippen LogP contribution is 2.30. The number of benzene rings is 1. The van der Waals surface area contributed by atoms with Gasteiger partial charge in [-0.3, -0.25) is 9.59 Å². The number of piperidine rings is 2. The zero-order valence-corrected chi connectivity index (χ0v) is 15.9. The van der Waals surface area contributed by atoms with Crippen LogP contribution < -0.4 is 5.73 Å². The molecule has 0 bridgehead atoms. The zero-order chi connectivity index (χ0) is 19.8. The fraction of sp³-hybridized carbons (Fsp3) is 0.600. The zero-order valence-electron chi connectivity index (χ0n) is 15.9. The van der Waals surface area contributed by atoms with Crippen LogP contribution in [0.5, 0.6) is 0 Å². The first-order valence-corrected chi connectivity index (χ1v) is 9.48. The summed E-state index contributed by atoms with van der Waals surface area (Å²) in [5.41, 5.74) is 5.91. The van der Waals surface area contributed by atoms with Gasteiger partial charge in [-0.1, -0.05) is 13.8 Å². The van der Waals surface area contributed by atoms with E-state index in [-0.39, 0.29) is 28.8 Å². The van der Waals surface area contributed by atoms with Crippen LogP contribution in [-0.2, 0) is 4.79 Å². The monoisotopic (exact) mass is 379 g/mol.